The molecule has 7 heteroatoms. The third-order valence-corrected chi connectivity index (χ3v) is 6.70. The van der Waals surface area contributed by atoms with E-state index in [0.717, 1.165) is 37.0 Å². The van der Waals surface area contributed by atoms with Crippen molar-refractivity contribution in [2.75, 3.05) is 13.2 Å². The molecule has 1 aromatic heterocycles. The predicted octanol–water partition coefficient (Wildman–Crippen LogP) is 1.70. The number of aliphatic hydroxyl groups excluding tert-OH is 1. The summed E-state index contributed by atoms with van der Waals surface area (Å²) in [5.41, 5.74) is 0. The predicted molar refractivity (Wildman–Crippen MR) is 76.8 cm³/mol. The first-order chi connectivity index (χ1) is 9.56. The Labute approximate surface area is 123 Å². The zero-order valence-corrected chi connectivity index (χ0v) is 12.7. The van der Waals surface area contributed by atoms with Gasteiger partial charge in [0.1, 0.15) is 15.2 Å². The Hall–Kier alpha value is -0.940. The Balaban J connectivity index is 2.00. The molecule has 0 radical (unpaired) electrons. The molecule has 5 nitrogen and oxygen atoms in total. The molecule has 1 saturated carbocycles. The van der Waals surface area contributed by atoms with E-state index >= 15 is 0 Å². The van der Waals surface area contributed by atoms with Crippen molar-refractivity contribution >= 4 is 21.4 Å². The highest BCUT2D eigenvalue weighted by molar-refractivity contribution is 7.91. The fraction of sp³-hybridized carbons (Fsp3) is 0.615. The van der Waals surface area contributed by atoms with Crippen molar-refractivity contribution in [1.82, 2.24) is 4.72 Å². The first-order valence-electron chi connectivity index (χ1n) is 6.67. The van der Waals surface area contributed by atoms with E-state index < -0.39 is 10.0 Å². The van der Waals surface area contributed by atoms with Gasteiger partial charge in [-0.25, -0.2) is 13.1 Å². The fourth-order valence-corrected chi connectivity index (χ4v) is 4.85. The van der Waals surface area contributed by atoms with Crippen LogP contribution in [-0.4, -0.2) is 26.7 Å². The van der Waals surface area contributed by atoms with E-state index in [1.54, 1.807) is 0 Å². The molecule has 1 heterocycles. The van der Waals surface area contributed by atoms with Crippen LogP contribution in [0.3, 0.4) is 0 Å². The number of hydrogen-bond donors (Lipinski definition) is 2. The van der Waals surface area contributed by atoms with E-state index in [-0.39, 0.29) is 22.7 Å². The molecular weight excluding hydrogens is 296 g/mol. The van der Waals surface area contributed by atoms with Crippen molar-refractivity contribution in [3.05, 3.63) is 17.0 Å². The maximum absolute atomic E-state index is 12.1. The van der Waals surface area contributed by atoms with Crippen molar-refractivity contribution in [2.45, 2.75) is 29.9 Å². The van der Waals surface area contributed by atoms with Crippen molar-refractivity contribution < 1.29 is 13.5 Å². The maximum Gasteiger partial charge on any atom is 0.250 e. The summed E-state index contributed by atoms with van der Waals surface area (Å²) in [7, 11) is -3.54. The highest BCUT2D eigenvalue weighted by Crippen LogP contribution is 2.29. The minimum absolute atomic E-state index is 0.115. The molecule has 1 aliphatic carbocycles. The van der Waals surface area contributed by atoms with Crippen molar-refractivity contribution in [1.29, 1.82) is 5.26 Å². The average molecular weight is 314 g/mol. The number of aliphatic hydroxyl groups is 1. The molecule has 2 rings (SSSR count). The Morgan fingerprint density at radius 3 is 2.65 bits per heavy atom. The van der Waals surface area contributed by atoms with E-state index in [9.17, 15) is 13.5 Å². The number of sulfonamides is 1. The zero-order chi connectivity index (χ0) is 14.6. The van der Waals surface area contributed by atoms with Gasteiger partial charge in [0.25, 0.3) is 0 Å². The summed E-state index contributed by atoms with van der Waals surface area (Å²) in [5.74, 6) is 0.378. The van der Waals surface area contributed by atoms with Crippen LogP contribution < -0.4 is 4.72 Å². The van der Waals surface area contributed by atoms with Crippen LogP contribution in [0, 0.1) is 23.2 Å². The molecule has 0 amide bonds. The van der Waals surface area contributed by atoms with E-state index in [4.69, 9.17) is 5.26 Å². The number of rotatable bonds is 5. The van der Waals surface area contributed by atoms with Gasteiger partial charge in [0.2, 0.25) is 10.0 Å². The lowest BCUT2D eigenvalue weighted by atomic mass is 9.80. The molecule has 0 spiro atoms. The number of nitriles is 1. The lowest BCUT2D eigenvalue weighted by Gasteiger charge is -2.30. The summed E-state index contributed by atoms with van der Waals surface area (Å²) < 4.78 is 27.0. The minimum atomic E-state index is -3.54. The molecular formula is C13H18N2O3S2. The van der Waals surface area contributed by atoms with Gasteiger partial charge in [-0.05, 0) is 36.8 Å². The van der Waals surface area contributed by atoms with Crippen LogP contribution in [-0.2, 0) is 10.0 Å². The van der Waals surface area contributed by atoms with E-state index in [0.29, 0.717) is 11.4 Å². The van der Waals surface area contributed by atoms with E-state index in [2.05, 4.69) is 4.72 Å². The summed E-state index contributed by atoms with van der Waals surface area (Å²) in [5, 5.41) is 18.1. The second kappa shape index (κ2) is 6.68. The summed E-state index contributed by atoms with van der Waals surface area (Å²) >= 11 is 0.972. The lowest BCUT2D eigenvalue weighted by molar-refractivity contribution is 0.136. The fourth-order valence-electron chi connectivity index (χ4n) is 2.61. The van der Waals surface area contributed by atoms with Gasteiger partial charge in [-0.1, -0.05) is 12.8 Å². The molecule has 0 aliphatic heterocycles. The van der Waals surface area contributed by atoms with Crippen LogP contribution in [0.4, 0.5) is 0 Å². The smallest absolute Gasteiger partial charge is 0.250 e. The first kappa shape index (κ1) is 15.4. The SMILES string of the molecule is N#Cc1ccc(S(=O)(=O)NCC2CCCCC2CO)s1. The third kappa shape index (κ3) is 3.58. The molecule has 2 atom stereocenters. The average Bonchev–Trinajstić information content (AvgIpc) is 2.95. The van der Waals surface area contributed by atoms with Gasteiger partial charge in [0.05, 0.1) is 0 Å². The Bertz CT molecular complexity index is 589. The first-order valence-corrected chi connectivity index (χ1v) is 8.97. The van der Waals surface area contributed by atoms with Crippen LogP contribution in [0.1, 0.15) is 30.6 Å². The van der Waals surface area contributed by atoms with E-state index in [1.807, 2.05) is 6.07 Å². The van der Waals surface area contributed by atoms with Crippen molar-refractivity contribution in [3.8, 4) is 6.07 Å². The zero-order valence-electron chi connectivity index (χ0n) is 11.1. The molecule has 0 bridgehead atoms. The Morgan fingerprint density at radius 2 is 2.05 bits per heavy atom. The molecule has 0 aromatic carbocycles. The van der Waals surface area contributed by atoms with Gasteiger partial charge in [-0.15, -0.1) is 11.3 Å². The van der Waals surface area contributed by atoms with Gasteiger partial charge in [0, 0.05) is 13.2 Å². The highest BCUT2D eigenvalue weighted by atomic mass is 32.2. The Kier molecular flexibility index (Phi) is 5.16. The molecule has 2 unspecified atom stereocenters. The monoisotopic (exact) mass is 314 g/mol. The maximum atomic E-state index is 12.1. The lowest BCUT2D eigenvalue weighted by Crippen LogP contribution is -2.35. The molecule has 1 fully saturated rings. The molecule has 20 heavy (non-hydrogen) atoms. The van der Waals surface area contributed by atoms with Gasteiger partial charge in [-0.3, -0.25) is 0 Å². The topological polar surface area (TPSA) is 90.2 Å². The summed E-state index contributed by atoms with van der Waals surface area (Å²) in [4.78, 5) is 0.385. The summed E-state index contributed by atoms with van der Waals surface area (Å²) in [6.07, 6.45) is 4.09. The van der Waals surface area contributed by atoms with Crippen LogP contribution in [0.25, 0.3) is 0 Å². The van der Waals surface area contributed by atoms with Crippen LogP contribution in [0.5, 0.6) is 0 Å². The Morgan fingerprint density at radius 1 is 1.35 bits per heavy atom. The van der Waals surface area contributed by atoms with Crippen LogP contribution in [0.15, 0.2) is 16.3 Å². The third-order valence-electron chi connectivity index (χ3n) is 3.79. The number of thiophene rings is 1. The number of hydrogen-bond acceptors (Lipinski definition) is 5. The molecule has 110 valence electrons. The van der Waals surface area contributed by atoms with Gasteiger partial charge >= 0.3 is 0 Å². The number of nitrogens with zero attached hydrogens (tertiary/aromatic N) is 1. The molecule has 0 saturated heterocycles. The van der Waals surface area contributed by atoms with Crippen molar-refractivity contribution in [2.24, 2.45) is 11.8 Å². The second-order valence-electron chi connectivity index (χ2n) is 5.07. The summed E-state index contributed by atoms with van der Waals surface area (Å²) in [6, 6.07) is 4.90. The van der Waals surface area contributed by atoms with Crippen molar-refractivity contribution in [3.63, 3.8) is 0 Å². The van der Waals surface area contributed by atoms with Crippen LogP contribution in [0.2, 0.25) is 0 Å². The quantitative estimate of drug-likeness (QED) is 0.865. The largest absolute Gasteiger partial charge is 0.396 e. The normalized spacial score (nSPS) is 23.4. The second-order valence-corrected chi connectivity index (χ2v) is 8.15. The van der Waals surface area contributed by atoms with Gasteiger partial charge in [0.15, 0.2) is 0 Å². The minimum Gasteiger partial charge on any atom is -0.396 e. The highest BCUT2D eigenvalue weighted by Gasteiger charge is 2.26. The standard InChI is InChI=1S/C13H18N2O3S2/c14-7-12-5-6-13(19-12)20(17,18)15-8-10-3-1-2-4-11(10)9-16/h5-6,10-11,15-16H,1-4,8-9H2. The summed E-state index contributed by atoms with van der Waals surface area (Å²) in [6.45, 7) is 0.470. The van der Waals surface area contributed by atoms with Gasteiger partial charge in [-0.2, -0.15) is 5.26 Å². The molecule has 2 N–H and O–H groups in total. The van der Waals surface area contributed by atoms with E-state index in [1.165, 1.54) is 12.1 Å². The van der Waals surface area contributed by atoms with Gasteiger partial charge < -0.3 is 5.11 Å². The molecule has 1 aromatic rings. The number of nitrogens with one attached hydrogen (secondary N) is 1. The molecule has 1 aliphatic rings. The van der Waals surface area contributed by atoms with Crippen LogP contribution >= 0.6 is 11.3 Å².